The number of hydrogen-bond acceptors (Lipinski definition) is 8. The third kappa shape index (κ3) is 4.50. The fraction of sp³-hybridized carbons (Fsp3) is 0.174. The van der Waals surface area contributed by atoms with Crippen LogP contribution in [0.5, 0.6) is 0 Å². The molecular weight excluding hydrogens is 460 g/mol. The van der Waals surface area contributed by atoms with Gasteiger partial charge in [-0.25, -0.2) is 15.0 Å². The topological polar surface area (TPSA) is 104 Å². The van der Waals surface area contributed by atoms with Crippen molar-refractivity contribution in [2.45, 2.75) is 0 Å². The third-order valence-electron chi connectivity index (χ3n) is 5.16. The number of anilines is 2. The number of carbonyl (C=O) groups is 1. The normalized spacial score (nSPS) is 13.6. The molecule has 1 amide bonds. The van der Waals surface area contributed by atoms with Crippen LogP contribution in [0.3, 0.4) is 0 Å². The number of benzene rings is 1. The van der Waals surface area contributed by atoms with E-state index in [9.17, 15) is 10.1 Å². The van der Waals surface area contributed by atoms with Crippen LogP contribution in [0.25, 0.3) is 21.6 Å². The number of rotatable bonds is 4. The summed E-state index contributed by atoms with van der Waals surface area (Å²) in [4.78, 5) is 29.3. The summed E-state index contributed by atoms with van der Waals surface area (Å²) in [6.07, 6.45) is 0. The quantitative estimate of drug-likeness (QED) is 0.466. The van der Waals surface area contributed by atoms with E-state index in [1.54, 1.807) is 6.07 Å². The average Bonchev–Trinajstić information content (AvgIpc) is 3.26. The van der Waals surface area contributed by atoms with Crippen molar-refractivity contribution in [3.8, 4) is 17.3 Å². The van der Waals surface area contributed by atoms with Crippen LogP contribution in [0.1, 0.15) is 16.1 Å². The summed E-state index contributed by atoms with van der Waals surface area (Å²) in [5.74, 6) is 0.129. The van der Waals surface area contributed by atoms with E-state index in [0.29, 0.717) is 58.2 Å². The third-order valence-corrected chi connectivity index (χ3v) is 6.29. The maximum absolute atomic E-state index is 13.1. The smallest absolute Gasteiger partial charge is 0.261 e. The highest BCUT2D eigenvalue weighted by Crippen LogP contribution is 2.29. The number of carbonyl (C=O) groups excluding carboxylic acids is 1. The Bertz CT molecular complexity index is 1380. The standard InChI is InChI=1S/C23H17ClN6O2S/c24-15-3-1-14(2-4-15)18-7-8-19-22(27-18)33-23(28-19)29-21(31)17-6-5-16(13-25)26-20(17)30-9-11-32-12-10-30/h1-8H,9-12H2,(H,28,29,31). The minimum absolute atomic E-state index is 0.256. The zero-order chi connectivity index (χ0) is 22.8. The molecular formula is C23H17ClN6O2S. The van der Waals surface area contributed by atoms with Crippen molar-refractivity contribution in [3.63, 3.8) is 0 Å². The lowest BCUT2D eigenvalue weighted by Crippen LogP contribution is -2.38. The number of halogens is 1. The lowest BCUT2D eigenvalue weighted by Gasteiger charge is -2.29. The molecule has 0 radical (unpaired) electrons. The molecule has 0 unspecified atom stereocenters. The number of nitriles is 1. The van der Waals surface area contributed by atoms with Crippen LogP contribution in [0.15, 0.2) is 48.5 Å². The summed E-state index contributed by atoms with van der Waals surface area (Å²) in [5, 5.41) is 13.2. The molecule has 5 rings (SSSR count). The molecule has 1 N–H and O–H groups in total. The van der Waals surface area contributed by atoms with Crippen molar-refractivity contribution < 1.29 is 9.53 Å². The van der Waals surface area contributed by atoms with Gasteiger partial charge in [-0.1, -0.05) is 35.1 Å². The van der Waals surface area contributed by atoms with Crippen LogP contribution in [0.2, 0.25) is 5.02 Å². The number of hydrogen-bond donors (Lipinski definition) is 1. The predicted octanol–water partition coefficient (Wildman–Crippen LogP) is 4.37. The number of amides is 1. The zero-order valence-corrected chi connectivity index (χ0v) is 18.9. The van der Waals surface area contributed by atoms with Crippen molar-refractivity contribution in [3.05, 3.63) is 64.8 Å². The first-order valence-electron chi connectivity index (χ1n) is 10.2. The van der Waals surface area contributed by atoms with Gasteiger partial charge < -0.3 is 9.64 Å². The minimum atomic E-state index is -0.342. The number of nitrogens with one attached hydrogen (secondary N) is 1. The summed E-state index contributed by atoms with van der Waals surface area (Å²) in [5.41, 5.74) is 3.07. The number of pyridine rings is 2. The molecule has 164 valence electrons. The predicted molar refractivity (Wildman–Crippen MR) is 128 cm³/mol. The van der Waals surface area contributed by atoms with E-state index in [4.69, 9.17) is 16.3 Å². The van der Waals surface area contributed by atoms with Crippen molar-refractivity contribution >= 4 is 50.1 Å². The Morgan fingerprint density at radius 1 is 1.06 bits per heavy atom. The summed E-state index contributed by atoms with van der Waals surface area (Å²) in [6.45, 7) is 2.28. The van der Waals surface area contributed by atoms with Crippen molar-refractivity contribution in [1.29, 1.82) is 5.26 Å². The molecule has 0 aliphatic carbocycles. The second-order valence-corrected chi connectivity index (χ2v) is 8.69. The van der Waals surface area contributed by atoms with Gasteiger partial charge in [-0.2, -0.15) is 5.26 Å². The second-order valence-electron chi connectivity index (χ2n) is 7.28. The number of morpholine rings is 1. The molecule has 1 aliphatic rings. The van der Waals surface area contributed by atoms with Gasteiger partial charge in [0.05, 0.1) is 24.5 Å². The molecule has 1 fully saturated rings. The molecule has 1 aromatic carbocycles. The van der Waals surface area contributed by atoms with Crippen LogP contribution >= 0.6 is 22.9 Å². The van der Waals surface area contributed by atoms with Crippen molar-refractivity contribution in [1.82, 2.24) is 15.0 Å². The van der Waals surface area contributed by atoms with E-state index in [2.05, 4.69) is 20.3 Å². The molecule has 0 bridgehead atoms. The molecule has 4 heterocycles. The van der Waals surface area contributed by atoms with Crippen LogP contribution in [0, 0.1) is 11.3 Å². The van der Waals surface area contributed by atoms with E-state index < -0.39 is 0 Å². The number of thiazole rings is 1. The van der Waals surface area contributed by atoms with Gasteiger partial charge in [0.2, 0.25) is 0 Å². The highest BCUT2D eigenvalue weighted by atomic mass is 35.5. The lowest BCUT2D eigenvalue weighted by atomic mass is 10.1. The molecule has 0 spiro atoms. The Morgan fingerprint density at radius 3 is 2.61 bits per heavy atom. The molecule has 0 atom stereocenters. The monoisotopic (exact) mass is 476 g/mol. The first-order valence-corrected chi connectivity index (χ1v) is 11.4. The highest BCUT2D eigenvalue weighted by Gasteiger charge is 2.22. The summed E-state index contributed by atoms with van der Waals surface area (Å²) in [6, 6.07) is 16.4. The van der Waals surface area contributed by atoms with E-state index in [0.717, 1.165) is 11.3 Å². The molecule has 8 nitrogen and oxygen atoms in total. The number of nitrogens with zero attached hydrogens (tertiary/aromatic N) is 5. The van der Waals surface area contributed by atoms with Gasteiger partial charge in [0.1, 0.15) is 27.9 Å². The minimum Gasteiger partial charge on any atom is -0.378 e. The van der Waals surface area contributed by atoms with E-state index in [-0.39, 0.29) is 11.6 Å². The Morgan fingerprint density at radius 2 is 1.85 bits per heavy atom. The molecule has 33 heavy (non-hydrogen) atoms. The van der Waals surface area contributed by atoms with Crippen LogP contribution < -0.4 is 10.2 Å². The number of aromatic nitrogens is 3. The maximum Gasteiger partial charge on any atom is 0.261 e. The van der Waals surface area contributed by atoms with E-state index in [1.807, 2.05) is 47.4 Å². The number of fused-ring (bicyclic) bond motifs is 1. The van der Waals surface area contributed by atoms with Gasteiger partial charge in [-0.05, 0) is 36.4 Å². The van der Waals surface area contributed by atoms with E-state index in [1.165, 1.54) is 17.4 Å². The van der Waals surface area contributed by atoms with Crippen LogP contribution in [-0.2, 0) is 4.74 Å². The van der Waals surface area contributed by atoms with Crippen LogP contribution in [-0.4, -0.2) is 47.2 Å². The highest BCUT2D eigenvalue weighted by molar-refractivity contribution is 7.22. The van der Waals surface area contributed by atoms with Gasteiger partial charge in [-0.3, -0.25) is 10.1 Å². The SMILES string of the molecule is N#Cc1ccc(C(=O)Nc2nc3ccc(-c4ccc(Cl)cc4)nc3s2)c(N2CCOCC2)n1. The van der Waals surface area contributed by atoms with Crippen LogP contribution in [0.4, 0.5) is 10.9 Å². The molecule has 1 saturated heterocycles. The fourth-order valence-electron chi connectivity index (χ4n) is 3.52. The first-order chi connectivity index (χ1) is 16.1. The Balaban J connectivity index is 1.42. The summed E-state index contributed by atoms with van der Waals surface area (Å²) >= 11 is 7.27. The summed E-state index contributed by atoms with van der Waals surface area (Å²) in [7, 11) is 0. The first kappa shape index (κ1) is 21.3. The van der Waals surface area contributed by atoms with Gasteiger partial charge in [0.25, 0.3) is 5.91 Å². The molecule has 10 heteroatoms. The van der Waals surface area contributed by atoms with Crippen molar-refractivity contribution in [2.75, 3.05) is 36.5 Å². The Labute approximate surface area is 198 Å². The Kier molecular flexibility index (Phi) is 5.88. The maximum atomic E-state index is 13.1. The lowest BCUT2D eigenvalue weighted by molar-refractivity contribution is 0.102. The Hall–Kier alpha value is -3.58. The van der Waals surface area contributed by atoms with Gasteiger partial charge in [0.15, 0.2) is 5.13 Å². The zero-order valence-electron chi connectivity index (χ0n) is 17.3. The van der Waals surface area contributed by atoms with Gasteiger partial charge in [-0.15, -0.1) is 0 Å². The number of ether oxygens (including phenoxy) is 1. The molecule has 0 saturated carbocycles. The average molecular weight is 477 g/mol. The van der Waals surface area contributed by atoms with Crippen molar-refractivity contribution in [2.24, 2.45) is 0 Å². The molecule has 3 aromatic heterocycles. The largest absolute Gasteiger partial charge is 0.378 e. The van der Waals surface area contributed by atoms with Gasteiger partial charge >= 0.3 is 0 Å². The molecule has 4 aromatic rings. The van der Waals surface area contributed by atoms with Gasteiger partial charge in [0, 0.05) is 23.7 Å². The second kappa shape index (κ2) is 9.11. The fourth-order valence-corrected chi connectivity index (χ4v) is 4.48. The molecule has 1 aliphatic heterocycles. The summed E-state index contributed by atoms with van der Waals surface area (Å²) < 4.78 is 5.40. The van der Waals surface area contributed by atoms with E-state index >= 15 is 0 Å².